The lowest BCUT2D eigenvalue weighted by molar-refractivity contribution is 1.01. The van der Waals surface area contributed by atoms with Crippen LogP contribution in [0.15, 0.2) is 152 Å². The van der Waals surface area contributed by atoms with Crippen molar-refractivity contribution in [3.8, 4) is 17.2 Å². The van der Waals surface area contributed by atoms with Gasteiger partial charge in [0, 0.05) is 43.3 Å². The van der Waals surface area contributed by atoms with Gasteiger partial charge in [0.2, 0.25) is 5.95 Å². The first-order chi connectivity index (χ1) is 24.3. The molecule has 0 N–H and O–H groups in total. The van der Waals surface area contributed by atoms with Crippen molar-refractivity contribution in [1.82, 2.24) is 23.3 Å². The lowest BCUT2D eigenvalue weighted by Crippen LogP contribution is -2.03. The van der Waals surface area contributed by atoms with Crippen LogP contribution in [0.2, 0.25) is 0 Å². The Bertz CT molecular complexity index is 3330. The van der Waals surface area contributed by atoms with Crippen LogP contribution < -0.4 is 0 Å². The van der Waals surface area contributed by atoms with E-state index in [-0.39, 0.29) is 0 Å². The molecule has 0 atom stereocenters. The predicted molar refractivity (Wildman–Crippen MR) is 202 cm³/mol. The maximum atomic E-state index is 5.39. The topological polar surface area (TPSA) is 39.5 Å². The van der Waals surface area contributed by atoms with Crippen molar-refractivity contribution < 1.29 is 0 Å². The molecule has 7 aromatic carbocycles. The van der Waals surface area contributed by atoms with E-state index >= 15 is 0 Å². The Morgan fingerprint density at radius 1 is 0.367 bits per heavy atom. The molecule has 49 heavy (non-hydrogen) atoms. The number of para-hydroxylation sites is 5. The summed E-state index contributed by atoms with van der Waals surface area (Å²) in [6.07, 6.45) is 0. The molecule has 0 aliphatic heterocycles. The average Bonchev–Trinajstić information content (AvgIpc) is 3.80. The second-order valence-corrected chi connectivity index (χ2v) is 13.0. The largest absolute Gasteiger partial charge is 0.305 e. The molecule has 0 aliphatic carbocycles. The Hall–Kier alpha value is -6.72. The molecule has 0 radical (unpaired) electrons. The van der Waals surface area contributed by atoms with Crippen molar-refractivity contribution in [1.29, 1.82) is 0 Å². The van der Waals surface area contributed by atoms with Gasteiger partial charge < -0.3 is 8.80 Å². The molecular weight excluding hydrogens is 599 g/mol. The first-order valence-corrected chi connectivity index (χ1v) is 16.7. The summed E-state index contributed by atoms with van der Waals surface area (Å²) >= 11 is 0. The zero-order valence-corrected chi connectivity index (χ0v) is 26.2. The molecule has 5 aromatic heterocycles. The molecule has 5 heteroatoms. The van der Waals surface area contributed by atoms with Gasteiger partial charge in [0.05, 0.1) is 55.3 Å². The zero-order valence-electron chi connectivity index (χ0n) is 26.2. The first-order valence-electron chi connectivity index (χ1n) is 16.7. The lowest BCUT2D eigenvalue weighted by atomic mass is 10.1. The minimum atomic E-state index is 0.665. The number of nitrogens with zero attached hydrogens (tertiary/aromatic N) is 5. The molecule has 0 fully saturated rings. The second-order valence-electron chi connectivity index (χ2n) is 13.0. The standard InChI is InChI=1S/C44H25N5/c1-2-13-26(14-3-1)40-30-17-4-8-20-33(30)45-44(46-40)48-36-23-11-7-18-31(36)39-38(48)25-32-28-16-6-9-21-34(28)47-37-24-12-19-29-27-15-5-10-22-35(27)49(41(29)37)43(39)42(32)47/h1-25H. The third-order valence-corrected chi connectivity index (χ3v) is 10.5. The molecule has 5 heterocycles. The van der Waals surface area contributed by atoms with Crippen molar-refractivity contribution >= 4 is 87.4 Å². The predicted octanol–water partition coefficient (Wildman–Crippen LogP) is 10.9. The molecule has 0 spiro atoms. The smallest absolute Gasteiger partial charge is 0.235 e. The fourth-order valence-electron chi connectivity index (χ4n) is 8.62. The van der Waals surface area contributed by atoms with E-state index in [0.717, 1.165) is 33.2 Å². The minimum Gasteiger partial charge on any atom is -0.305 e. The van der Waals surface area contributed by atoms with Gasteiger partial charge in [-0.25, -0.2) is 9.97 Å². The van der Waals surface area contributed by atoms with E-state index in [2.05, 4.69) is 159 Å². The molecule has 226 valence electrons. The van der Waals surface area contributed by atoms with Crippen molar-refractivity contribution in [2.75, 3.05) is 0 Å². The van der Waals surface area contributed by atoms with Crippen molar-refractivity contribution in [3.63, 3.8) is 0 Å². The number of aromatic nitrogens is 5. The SMILES string of the molecule is c1ccc(-c2nc(-n3c4ccccc4c4c3cc3c5ccccc5n5c6cccc7c8ccccc8n(c76)c4c35)nc3ccccc23)cc1. The molecule has 0 amide bonds. The van der Waals surface area contributed by atoms with E-state index in [1.54, 1.807) is 0 Å². The van der Waals surface area contributed by atoms with Crippen LogP contribution >= 0.6 is 0 Å². The first kappa shape index (κ1) is 25.4. The van der Waals surface area contributed by atoms with E-state index in [1.807, 2.05) is 6.07 Å². The summed E-state index contributed by atoms with van der Waals surface area (Å²) in [6.45, 7) is 0. The van der Waals surface area contributed by atoms with Gasteiger partial charge in [0.15, 0.2) is 0 Å². The molecule has 0 unspecified atom stereocenters. The number of rotatable bonds is 2. The van der Waals surface area contributed by atoms with Gasteiger partial charge in [0.1, 0.15) is 0 Å². The Kier molecular flexibility index (Phi) is 4.66. The lowest BCUT2D eigenvalue weighted by Gasteiger charge is -2.14. The summed E-state index contributed by atoms with van der Waals surface area (Å²) < 4.78 is 7.30. The Balaban J connectivity index is 1.37. The van der Waals surface area contributed by atoms with Crippen LogP contribution in [-0.2, 0) is 0 Å². The third-order valence-electron chi connectivity index (χ3n) is 10.5. The normalized spacial score (nSPS) is 12.5. The highest BCUT2D eigenvalue weighted by Gasteiger charge is 2.26. The maximum absolute atomic E-state index is 5.39. The van der Waals surface area contributed by atoms with E-state index in [4.69, 9.17) is 9.97 Å². The summed E-state index contributed by atoms with van der Waals surface area (Å²) in [5, 5.41) is 8.37. The molecule has 0 saturated carbocycles. The van der Waals surface area contributed by atoms with Gasteiger partial charge >= 0.3 is 0 Å². The van der Waals surface area contributed by atoms with Crippen LogP contribution in [-0.4, -0.2) is 23.3 Å². The summed E-state index contributed by atoms with van der Waals surface area (Å²) in [4.78, 5) is 10.7. The van der Waals surface area contributed by atoms with Crippen LogP contribution in [0.1, 0.15) is 0 Å². The highest BCUT2D eigenvalue weighted by molar-refractivity contribution is 6.31. The molecule has 0 bridgehead atoms. The van der Waals surface area contributed by atoms with Crippen molar-refractivity contribution in [2.45, 2.75) is 0 Å². The quantitative estimate of drug-likeness (QED) is 0.180. The van der Waals surface area contributed by atoms with Crippen molar-refractivity contribution in [2.24, 2.45) is 0 Å². The van der Waals surface area contributed by atoms with Crippen LogP contribution in [0.25, 0.3) is 105 Å². The van der Waals surface area contributed by atoms with E-state index in [0.29, 0.717) is 5.95 Å². The van der Waals surface area contributed by atoms with Gasteiger partial charge in [-0.3, -0.25) is 4.57 Å². The second kappa shape index (κ2) is 9.00. The van der Waals surface area contributed by atoms with E-state index < -0.39 is 0 Å². The van der Waals surface area contributed by atoms with Gasteiger partial charge in [-0.15, -0.1) is 0 Å². The average molecular weight is 624 g/mol. The van der Waals surface area contributed by atoms with Crippen LogP contribution in [0, 0.1) is 0 Å². The highest BCUT2D eigenvalue weighted by Crippen LogP contribution is 2.46. The molecule has 5 nitrogen and oxygen atoms in total. The van der Waals surface area contributed by atoms with Gasteiger partial charge in [-0.1, -0.05) is 115 Å². The highest BCUT2D eigenvalue weighted by atomic mass is 15.2. The molecule has 0 aliphatic rings. The van der Waals surface area contributed by atoms with Crippen molar-refractivity contribution in [3.05, 3.63) is 152 Å². The minimum absolute atomic E-state index is 0.665. The van der Waals surface area contributed by atoms with E-state index in [1.165, 1.54) is 65.4 Å². The monoisotopic (exact) mass is 623 g/mol. The molecular formula is C44H25N5. The van der Waals surface area contributed by atoms with E-state index in [9.17, 15) is 0 Å². The summed E-state index contributed by atoms with van der Waals surface area (Å²) in [5.41, 5.74) is 12.4. The van der Waals surface area contributed by atoms with Gasteiger partial charge in [-0.05, 0) is 36.4 Å². The molecule has 12 rings (SSSR count). The van der Waals surface area contributed by atoms with Crippen LogP contribution in [0.3, 0.4) is 0 Å². The molecule has 12 aromatic rings. The maximum Gasteiger partial charge on any atom is 0.235 e. The summed E-state index contributed by atoms with van der Waals surface area (Å²) in [6, 6.07) is 54.3. The summed E-state index contributed by atoms with van der Waals surface area (Å²) in [7, 11) is 0. The summed E-state index contributed by atoms with van der Waals surface area (Å²) in [5.74, 6) is 0.665. The van der Waals surface area contributed by atoms with Gasteiger partial charge in [0.25, 0.3) is 0 Å². The number of fused-ring (bicyclic) bond motifs is 13. The number of hydrogen-bond donors (Lipinski definition) is 0. The zero-order chi connectivity index (χ0) is 31.8. The Morgan fingerprint density at radius 2 is 0.980 bits per heavy atom. The number of benzene rings is 7. The third kappa shape index (κ3) is 3.10. The fourth-order valence-corrected chi connectivity index (χ4v) is 8.62. The fraction of sp³-hybridized carbons (Fsp3) is 0. The molecule has 0 saturated heterocycles. The van der Waals surface area contributed by atoms with Crippen LogP contribution in [0.4, 0.5) is 0 Å². The Morgan fingerprint density at radius 3 is 1.80 bits per heavy atom. The number of hydrogen-bond acceptors (Lipinski definition) is 2. The Labute approximate surface area is 278 Å². The van der Waals surface area contributed by atoms with Gasteiger partial charge in [-0.2, -0.15) is 0 Å². The van der Waals surface area contributed by atoms with Crippen LogP contribution in [0.5, 0.6) is 0 Å².